The van der Waals surface area contributed by atoms with Crippen LogP contribution in [-0.4, -0.2) is 30.7 Å². The number of halogens is 1. The van der Waals surface area contributed by atoms with Crippen molar-refractivity contribution >= 4 is 27.3 Å². The first-order valence-electron chi connectivity index (χ1n) is 7.84. The molecule has 3 rings (SSSR count). The van der Waals surface area contributed by atoms with Gasteiger partial charge in [-0.05, 0) is 31.0 Å². The van der Waals surface area contributed by atoms with Crippen LogP contribution in [0.3, 0.4) is 0 Å². The molecule has 0 spiro atoms. The van der Waals surface area contributed by atoms with Gasteiger partial charge in [0.05, 0.1) is 9.92 Å². The van der Waals surface area contributed by atoms with E-state index >= 15 is 0 Å². The highest BCUT2D eigenvalue weighted by Crippen LogP contribution is 2.37. The second-order valence-corrected chi connectivity index (χ2v) is 8.69. The first-order chi connectivity index (χ1) is 11.7. The molecule has 0 saturated heterocycles. The van der Waals surface area contributed by atoms with Crippen molar-refractivity contribution in [2.24, 2.45) is 0 Å². The van der Waals surface area contributed by atoms with Crippen LogP contribution in [0, 0.1) is 6.92 Å². The molecule has 7 nitrogen and oxygen atoms in total. The molecule has 1 fully saturated rings. The first kappa shape index (κ1) is 17.9. The van der Waals surface area contributed by atoms with E-state index in [1.807, 2.05) is 0 Å². The Hall–Kier alpha value is -1.93. The van der Waals surface area contributed by atoms with E-state index in [1.165, 1.54) is 18.2 Å². The van der Waals surface area contributed by atoms with Crippen molar-refractivity contribution in [3.63, 3.8) is 0 Å². The zero-order valence-electron chi connectivity index (χ0n) is 13.9. The van der Waals surface area contributed by atoms with E-state index in [0.717, 1.165) is 19.1 Å². The molecule has 1 aromatic heterocycles. The predicted octanol–water partition coefficient (Wildman–Crippen LogP) is 2.63. The number of aromatic nitrogens is 2. The van der Waals surface area contributed by atoms with Gasteiger partial charge in [0.25, 0.3) is 5.91 Å². The van der Waals surface area contributed by atoms with Crippen LogP contribution in [0.5, 0.6) is 0 Å². The minimum absolute atomic E-state index is 0.0716. The molecule has 2 aromatic rings. The SMILES string of the molecule is Cc1nc(C2(NC(=O)c3ccc(Cl)c(S(C)(=O)=O)c3)CCCC2)no1. The van der Waals surface area contributed by atoms with E-state index in [9.17, 15) is 13.2 Å². The molecular weight excluding hydrogens is 366 g/mol. The second-order valence-electron chi connectivity index (χ2n) is 6.30. The molecule has 0 aliphatic heterocycles. The van der Waals surface area contributed by atoms with E-state index < -0.39 is 21.3 Å². The number of rotatable bonds is 4. The number of aryl methyl sites for hydroxylation is 1. The fourth-order valence-electron chi connectivity index (χ4n) is 3.09. The molecule has 1 heterocycles. The predicted molar refractivity (Wildman–Crippen MR) is 91.2 cm³/mol. The average molecular weight is 384 g/mol. The molecule has 1 N–H and O–H groups in total. The van der Waals surface area contributed by atoms with Gasteiger partial charge in [-0.25, -0.2) is 8.42 Å². The third kappa shape index (κ3) is 3.55. The average Bonchev–Trinajstić information content (AvgIpc) is 3.16. The summed E-state index contributed by atoms with van der Waals surface area (Å²) >= 11 is 5.94. The number of nitrogens with one attached hydrogen (secondary N) is 1. The summed E-state index contributed by atoms with van der Waals surface area (Å²) in [6, 6.07) is 4.19. The van der Waals surface area contributed by atoms with Crippen LogP contribution in [0.2, 0.25) is 5.02 Å². The summed E-state index contributed by atoms with van der Waals surface area (Å²) in [5.41, 5.74) is -0.476. The van der Waals surface area contributed by atoms with Gasteiger partial charge in [0.15, 0.2) is 15.7 Å². The summed E-state index contributed by atoms with van der Waals surface area (Å²) in [7, 11) is -3.53. The third-order valence-electron chi connectivity index (χ3n) is 4.36. The summed E-state index contributed by atoms with van der Waals surface area (Å²) < 4.78 is 28.7. The van der Waals surface area contributed by atoms with Crippen molar-refractivity contribution in [1.82, 2.24) is 15.5 Å². The normalized spacial score (nSPS) is 16.8. The molecule has 1 aliphatic carbocycles. The largest absolute Gasteiger partial charge is 0.340 e. The molecule has 0 bridgehead atoms. The minimum Gasteiger partial charge on any atom is -0.340 e. The van der Waals surface area contributed by atoms with Crippen molar-refractivity contribution < 1.29 is 17.7 Å². The molecule has 0 unspecified atom stereocenters. The zero-order valence-corrected chi connectivity index (χ0v) is 15.4. The van der Waals surface area contributed by atoms with E-state index in [-0.39, 0.29) is 15.5 Å². The Kier molecular flexibility index (Phi) is 4.59. The van der Waals surface area contributed by atoms with Crippen molar-refractivity contribution in [2.75, 3.05) is 6.26 Å². The summed E-state index contributed by atoms with van der Waals surface area (Å²) in [4.78, 5) is 16.9. The van der Waals surface area contributed by atoms with Crippen LogP contribution in [0.15, 0.2) is 27.6 Å². The van der Waals surface area contributed by atoms with Gasteiger partial charge in [-0.15, -0.1) is 0 Å². The zero-order chi connectivity index (χ0) is 18.2. The molecule has 1 amide bonds. The molecular formula is C16H18ClN3O4S. The number of hydrogen-bond donors (Lipinski definition) is 1. The third-order valence-corrected chi connectivity index (χ3v) is 5.94. The number of benzene rings is 1. The van der Waals surface area contributed by atoms with E-state index in [0.29, 0.717) is 24.6 Å². The summed E-state index contributed by atoms with van der Waals surface area (Å²) in [5.74, 6) is 0.487. The van der Waals surface area contributed by atoms with Gasteiger partial charge in [0, 0.05) is 18.7 Å². The van der Waals surface area contributed by atoms with Crippen LogP contribution in [0.25, 0.3) is 0 Å². The highest BCUT2D eigenvalue weighted by atomic mass is 35.5. The molecule has 1 aliphatic rings. The minimum atomic E-state index is -3.53. The standard InChI is InChI=1S/C16H18ClN3O4S/c1-10-18-15(20-24-10)16(7-3-4-8-16)19-14(21)11-5-6-12(17)13(9-11)25(2,22)23/h5-6,9H,3-4,7-8H2,1-2H3,(H,19,21). The molecule has 1 saturated carbocycles. The number of hydrogen-bond acceptors (Lipinski definition) is 6. The van der Waals surface area contributed by atoms with E-state index in [1.54, 1.807) is 6.92 Å². The maximum Gasteiger partial charge on any atom is 0.252 e. The number of amides is 1. The Morgan fingerprint density at radius 2 is 2.00 bits per heavy atom. The van der Waals surface area contributed by atoms with Crippen LogP contribution in [-0.2, 0) is 15.4 Å². The lowest BCUT2D eigenvalue weighted by Gasteiger charge is -2.26. The van der Waals surface area contributed by atoms with Crippen molar-refractivity contribution in [2.45, 2.75) is 43.0 Å². The van der Waals surface area contributed by atoms with Crippen LogP contribution in [0.4, 0.5) is 0 Å². The fourth-order valence-corrected chi connectivity index (χ4v) is 4.40. The van der Waals surface area contributed by atoms with E-state index in [2.05, 4.69) is 15.5 Å². The van der Waals surface area contributed by atoms with E-state index in [4.69, 9.17) is 16.1 Å². The van der Waals surface area contributed by atoms with Gasteiger partial charge in [0.1, 0.15) is 5.54 Å². The summed E-state index contributed by atoms with van der Waals surface area (Å²) in [5, 5.41) is 7.03. The Balaban J connectivity index is 1.93. The number of nitrogens with zero attached hydrogens (tertiary/aromatic N) is 2. The van der Waals surface area contributed by atoms with Gasteiger partial charge in [0.2, 0.25) is 5.89 Å². The first-order valence-corrected chi connectivity index (χ1v) is 10.1. The van der Waals surface area contributed by atoms with Crippen molar-refractivity contribution in [3.05, 3.63) is 40.5 Å². The molecule has 9 heteroatoms. The highest BCUT2D eigenvalue weighted by Gasteiger charge is 2.41. The Bertz CT molecular complexity index is 917. The molecule has 134 valence electrons. The summed E-state index contributed by atoms with van der Waals surface area (Å²) in [6.07, 6.45) is 4.32. The lowest BCUT2D eigenvalue weighted by molar-refractivity contribution is 0.0891. The Morgan fingerprint density at radius 3 is 2.56 bits per heavy atom. The van der Waals surface area contributed by atoms with Gasteiger partial charge < -0.3 is 9.84 Å². The van der Waals surface area contributed by atoms with Gasteiger partial charge in [-0.3, -0.25) is 4.79 Å². The van der Waals surface area contributed by atoms with Gasteiger partial charge in [-0.1, -0.05) is 29.6 Å². The maximum absolute atomic E-state index is 12.7. The quantitative estimate of drug-likeness (QED) is 0.870. The number of sulfone groups is 1. The monoisotopic (exact) mass is 383 g/mol. The van der Waals surface area contributed by atoms with Crippen LogP contribution < -0.4 is 5.32 Å². The van der Waals surface area contributed by atoms with Gasteiger partial charge >= 0.3 is 0 Å². The number of carbonyl (C=O) groups is 1. The molecule has 0 atom stereocenters. The lowest BCUT2D eigenvalue weighted by Crippen LogP contribution is -2.44. The molecule has 0 radical (unpaired) electrons. The topological polar surface area (TPSA) is 102 Å². The highest BCUT2D eigenvalue weighted by molar-refractivity contribution is 7.90. The summed E-state index contributed by atoms with van der Waals surface area (Å²) in [6.45, 7) is 1.69. The van der Waals surface area contributed by atoms with Crippen LogP contribution >= 0.6 is 11.6 Å². The maximum atomic E-state index is 12.7. The van der Waals surface area contributed by atoms with Gasteiger partial charge in [-0.2, -0.15) is 4.98 Å². The number of carbonyl (C=O) groups excluding carboxylic acids is 1. The molecule has 1 aromatic carbocycles. The smallest absolute Gasteiger partial charge is 0.252 e. The second kappa shape index (κ2) is 6.42. The fraction of sp³-hybridized carbons (Fsp3) is 0.438. The van der Waals surface area contributed by atoms with Crippen molar-refractivity contribution in [1.29, 1.82) is 0 Å². The lowest BCUT2D eigenvalue weighted by atomic mass is 9.96. The van der Waals surface area contributed by atoms with Crippen molar-refractivity contribution in [3.8, 4) is 0 Å². The van der Waals surface area contributed by atoms with Crippen LogP contribution in [0.1, 0.15) is 47.8 Å². The Labute approximate surface area is 150 Å². The Morgan fingerprint density at radius 1 is 1.32 bits per heavy atom. The molecule has 25 heavy (non-hydrogen) atoms.